The molecule has 3 aliphatic rings. The largest absolute Gasteiger partial charge is 0.481 e. The number of amides is 1. The smallest absolute Gasteiger partial charge is 0.268 e. The first kappa shape index (κ1) is 18.5. The molecule has 4 nitrogen and oxygen atoms in total. The number of anilines is 2. The van der Waals surface area contributed by atoms with Crippen LogP contribution in [0.15, 0.2) is 42.5 Å². The molecule has 1 amide bonds. The Morgan fingerprint density at radius 1 is 0.966 bits per heavy atom. The number of benzene rings is 2. The van der Waals surface area contributed by atoms with Crippen molar-refractivity contribution in [3.63, 3.8) is 0 Å². The number of carbonyl (C=O) groups is 1. The van der Waals surface area contributed by atoms with E-state index in [4.69, 9.17) is 4.74 Å². The van der Waals surface area contributed by atoms with Crippen LogP contribution in [-0.2, 0) is 11.2 Å². The summed E-state index contributed by atoms with van der Waals surface area (Å²) in [5, 5.41) is 0. The van der Waals surface area contributed by atoms with Crippen molar-refractivity contribution in [3.05, 3.63) is 53.6 Å². The van der Waals surface area contributed by atoms with Crippen LogP contribution in [0.3, 0.4) is 0 Å². The van der Waals surface area contributed by atoms with Crippen molar-refractivity contribution in [3.8, 4) is 5.75 Å². The lowest BCUT2D eigenvalue weighted by atomic mass is 10.1. The standard InChI is InChI=1S/C25H30N2O2/c1-2-18-17-21(9-12-23(18)26-14-3-4-15-26)27-16-13-24(25(27)28)29-22-10-7-20(8-11-22)19-5-6-19/h7-12,17,19,24H,2-6,13-16H2,1H3/t24-/m1/s1. The predicted octanol–water partition coefficient (Wildman–Crippen LogP) is 4.91. The molecule has 0 N–H and O–H groups in total. The van der Waals surface area contributed by atoms with E-state index in [0.717, 1.165) is 49.8 Å². The number of hydrogen-bond donors (Lipinski definition) is 0. The van der Waals surface area contributed by atoms with Gasteiger partial charge in [-0.1, -0.05) is 19.1 Å². The number of carbonyl (C=O) groups excluding carboxylic acids is 1. The molecule has 1 saturated carbocycles. The molecule has 2 aromatic carbocycles. The van der Waals surface area contributed by atoms with Crippen LogP contribution in [0.1, 0.15) is 56.1 Å². The van der Waals surface area contributed by atoms with Crippen LogP contribution in [0.4, 0.5) is 11.4 Å². The Morgan fingerprint density at radius 2 is 1.72 bits per heavy atom. The van der Waals surface area contributed by atoms with Gasteiger partial charge in [0.05, 0.1) is 0 Å². The molecule has 0 radical (unpaired) electrons. The minimum atomic E-state index is -0.384. The fourth-order valence-corrected chi connectivity index (χ4v) is 4.71. The fourth-order valence-electron chi connectivity index (χ4n) is 4.71. The first-order valence-electron chi connectivity index (χ1n) is 11.2. The molecule has 1 aliphatic carbocycles. The molecule has 0 unspecified atom stereocenters. The van der Waals surface area contributed by atoms with Gasteiger partial charge >= 0.3 is 0 Å². The summed E-state index contributed by atoms with van der Waals surface area (Å²) in [7, 11) is 0. The molecule has 4 heteroatoms. The Labute approximate surface area is 173 Å². The van der Waals surface area contributed by atoms with Crippen molar-refractivity contribution in [1.82, 2.24) is 0 Å². The van der Waals surface area contributed by atoms with Gasteiger partial charge in [-0.3, -0.25) is 4.79 Å². The highest BCUT2D eigenvalue weighted by Crippen LogP contribution is 2.40. The molecule has 1 atom stereocenters. The lowest BCUT2D eigenvalue weighted by molar-refractivity contribution is -0.122. The number of rotatable bonds is 6. The van der Waals surface area contributed by atoms with E-state index in [1.54, 1.807) is 0 Å². The average molecular weight is 391 g/mol. The van der Waals surface area contributed by atoms with Crippen molar-refractivity contribution in [2.24, 2.45) is 0 Å². The highest BCUT2D eigenvalue weighted by atomic mass is 16.5. The van der Waals surface area contributed by atoms with Gasteiger partial charge in [0.2, 0.25) is 0 Å². The summed E-state index contributed by atoms with van der Waals surface area (Å²) < 4.78 is 6.06. The molecule has 2 aliphatic heterocycles. The van der Waals surface area contributed by atoms with E-state index in [1.807, 2.05) is 17.0 Å². The van der Waals surface area contributed by atoms with E-state index in [0.29, 0.717) is 0 Å². The number of nitrogens with zero attached hydrogens (tertiary/aromatic N) is 2. The third-order valence-electron chi connectivity index (χ3n) is 6.57. The Balaban J connectivity index is 1.28. The third-order valence-corrected chi connectivity index (χ3v) is 6.57. The van der Waals surface area contributed by atoms with E-state index in [2.05, 4.69) is 42.2 Å². The van der Waals surface area contributed by atoms with Crippen LogP contribution in [0, 0.1) is 0 Å². The number of ether oxygens (including phenoxy) is 1. The van der Waals surface area contributed by atoms with Crippen LogP contribution in [0.5, 0.6) is 5.75 Å². The van der Waals surface area contributed by atoms with Crippen molar-refractivity contribution < 1.29 is 9.53 Å². The molecule has 152 valence electrons. The predicted molar refractivity (Wildman–Crippen MR) is 117 cm³/mol. The molecular formula is C25H30N2O2. The maximum atomic E-state index is 13.0. The van der Waals surface area contributed by atoms with E-state index in [-0.39, 0.29) is 12.0 Å². The Hall–Kier alpha value is -2.49. The molecule has 3 fully saturated rings. The van der Waals surface area contributed by atoms with Crippen molar-refractivity contribution in [2.45, 2.75) is 57.5 Å². The van der Waals surface area contributed by atoms with Crippen molar-refractivity contribution in [2.75, 3.05) is 29.4 Å². The highest BCUT2D eigenvalue weighted by Gasteiger charge is 2.35. The van der Waals surface area contributed by atoms with Gasteiger partial charge in [-0.15, -0.1) is 0 Å². The maximum Gasteiger partial charge on any atom is 0.268 e. The summed E-state index contributed by atoms with van der Waals surface area (Å²) in [5.41, 5.74) is 5.06. The van der Waals surface area contributed by atoms with Gasteiger partial charge in [-0.05, 0) is 79.5 Å². The summed E-state index contributed by atoms with van der Waals surface area (Å²) in [6, 6.07) is 14.9. The second kappa shape index (κ2) is 7.74. The summed E-state index contributed by atoms with van der Waals surface area (Å²) in [4.78, 5) is 17.4. The Bertz CT molecular complexity index is 882. The minimum absolute atomic E-state index is 0.0762. The van der Waals surface area contributed by atoms with Gasteiger partial charge in [-0.2, -0.15) is 0 Å². The van der Waals surface area contributed by atoms with E-state index in [9.17, 15) is 4.79 Å². The van der Waals surface area contributed by atoms with Crippen molar-refractivity contribution >= 4 is 17.3 Å². The zero-order valence-corrected chi connectivity index (χ0v) is 17.3. The van der Waals surface area contributed by atoms with Crippen LogP contribution in [-0.4, -0.2) is 31.6 Å². The first-order valence-corrected chi connectivity index (χ1v) is 11.2. The molecular weight excluding hydrogens is 360 g/mol. The van der Waals surface area contributed by atoms with Gasteiger partial charge in [0.25, 0.3) is 5.91 Å². The highest BCUT2D eigenvalue weighted by molar-refractivity contribution is 5.99. The van der Waals surface area contributed by atoms with Gasteiger partial charge in [0.15, 0.2) is 6.10 Å². The molecule has 2 saturated heterocycles. The van der Waals surface area contributed by atoms with Gasteiger partial charge in [0.1, 0.15) is 5.75 Å². The Kier molecular flexibility index (Phi) is 4.94. The van der Waals surface area contributed by atoms with Crippen LogP contribution in [0.25, 0.3) is 0 Å². The number of aryl methyl sites for hydroxylation is 1. The molecule has 2 aromatic rings. The van der Waals surface area contributed by atoms with Gasteiger partial charge in [0, 0.05) is 37.4 Å². The van der Waals surface area contributed by atoms with E-state index in [1.165, 1.54) is 42.5 Å². The third kappa shape index (κ3) is 3.73. The fraction of sp³-hybridized carbons (Fsp3) is 0.480. The molecule has 5 rings (SSSR count). The van der Waals surface area contributed by atoms with Crippen LogP contribution >= 0.6 is 0 Å². The Morgan fingerprint density at radius 3 is 2.41 bits per heavy atom. The summed E-state index contributed by atoms with van der Waals surface area (Å²) in [5.74, 6) is 1.62. The molecule has 2 heterocycles. The summed E-state index contributed by atoms with van der Waals surface area (Å²) in [6.45, 7) is 5.20. The normalized spacial score (nSPS) is 21.8. The van der Waals surface area contributed by atoms with Crippen molar-refractivity contribution in [1.29, 1.82) is 0 Å². The molecule has 0 aromatic heterocycles. The average Bonchev–Trinajstić information content (AvgIpc) is 3.34. The second-order valence-corrected chi connectivity index (χ2v) is 8.59. The SMILES string of the molecule is CCc1cc(N2CC[C@@H](Oc3ccc(C4CC4)cc3)C2=O)ccc1N1CCCC1. The quantitative estimate of drug-likeness (QED) is 0.702. The van der Waals surface area contributed by atoms with Crippen LogP contribution < -0.4 is 14.5 Å². The van der Waals surface area contributed by atoms with E-state index < -0.39 is 0 Å². The minimum Gasteiger partial charge on any atom is -0.481 e. The first-order chi connectivity index (χ1) is 14.2. The second-order valence-electron chi connectivity index (χ2n) is 8.59. The lowest BCUT2D eigenvalue weighted by Gasteiger charge is -2.24. The van der Waals surface area contributed by atoms with E-state index >= 15 is 0 Å². The summed E-state index contributed by atoms with van der Waals surface area (Å²) >= 11 is 0. The topological polar surface area (TPSA) is 32.8 Å². The van der Waals surface area contributed by atoms with Gasteiger partial charge < -0.3 is 14.5 Å². The zero-order valence-electron chi connectivity index (χ0n) is 17.3. The zero-order chi connectivity index (χ0) is 19.8. The molecule has 0 spiro atoms. The van der Waals surface area contributed by atoms with Crippen LogP contribution in [0.2, 0.25) is 0 Å². The lowest BCUT2D eigenvalue weighted by Crippen LogP contribution is -2.32. The maximum absolute atomic E-state index is 13.0. The van der Waals surface area contributed by atoms with Gasteiger partial charge in [-0.25, -0.2) is 0 Å². The number of hydrogen-bond acceptors (Lipinski definition) is 3. The molecule has 0 bridgehead atoms. The molecule has 29 heavy (non-hydrogen) atoms. The summed E-state index contributed by atoms with van der Waals surface area (Å²) in [6.07, 6.45) is 6.48. The monoisotopic (exact) mass is 390 g/mol.